The predicted octanol–water partition coefficient (Wildman–Crippen LogP) is 1.98. The van der Waals surface area contributed by atoms with Crippen LogP contribution in [0.1, 0.15) is 30.6 Å². The zero-order chi connectivity index (χ0) is 13.5. The normalized spacial score (nSPS) is 11.7. The van der Waals surface area contributed by atoms with Crippen LogP contribution in [0.4, 0.5) is 0 Å². The van der Waals surface area contributed by atoms with E-state index in [1.54, 1.807) is 31.2 Å². The number of carbonyl (C=O) groups excluding carboxylic acids is 2. The second-order valence-corrected chi connectivity index (χ2v) is 4.43. The summed E-state index contributed by atoms with van der Waals surface area (Å²) in [6.45, 7) is 4.22. The summed E-state index contributed by atoms with van der Waals surface area (Å²) in [6, 6.07) is 6.03. The maximum atomic E-state index is 11.8. The highest BCUT2D eigenvalue weighted by molar-refractivity contribution is 6.30. The molecule has 1 aromatic carbocycles. The molecule has 0 aromatic heterocycles. The van der Waals surface area contributed by atoms with Gasteiger partial charge in [0.1, 0.15) is 6.04 Å². The lowest BCUT2D eigenvalue weighted by Gasteiger charge is -2.13. The molecule has 2 N–H and O–H groups in total. The molecule has 0 heterocycles. The van der Waals surface area contributed by atoms with Gasteiger partial charge in [-0.3, -0.25) is 9.59 Å². The second-order valence-electron chi connectivity index (χ2n) is 4.00. The van der Waals surface area contributed by atoms with E-state index in [9.17, 15) is 9.59 Å². The maximum Gasteiger partial charge on any atom is 0.251 e. The molecule has 2 amide bonds. The van der Waals surface area contributed by atoms with E-state index >= 15 is 0 Å². The van der Waals surface area contributed by atoms with E-state index in [2.05, 4.69) is 10.6 Å². The van der Waals surface area contributed by atoms with E-state index in [4.69, 9.17) is 11.6 Å². The molecule has 0 bridgehead atoms. The Kier molecular flexibility index (Phi) is 5.65. The Morgan fingerprint density at radius 1 is 1.39 bits per heavy atom. The third-order valence-corrected chi connectivity index (χ3v) is 2.61. The number of carbonyl (C=O) groups is 2. The van der Waals surface area contributed by atoms with Gasteiger partial charge in [0.25, 0.3) is 5.91 Å². The van der Waals surface area contributed by atoms with E-state index in [1.807, 2.05) is 6.92 Å². The molecule has 0 saturated heterocycles. The van der Waals surface area contributed by atoms with E-state index < -0.39 is 6.04 Å². The van der Waals surface area contributed by atoms with Crippen LogP contribution in [0, 0.1) is 0 Å². The van der Waals surface area contributed by atoms with Crippen molar-refractivity contribution in [2.24, 2.45) is 0 Å². The maximum absolute atomic E-state index is 11.8. The second kappa shape index (κ2) is 7.01. The van der Waals surface area contributed by atoms with E-state index in [0.29, 0.717) is 17.1 Å². The Morgan fingerprint density at radius 3 is 2.72 bits per heavy atom. The highest BCUT2D eigenvalue weighted by Gasteiger charge is 2.15. The molecule has 0 saturated carbocycles. The Labute approximate surface area is 112 Å². The molecule has 1 atom stereocenters. The fourth-order valence-electron chi connectivity index (χ4n) is 1.38. The Hall–Kier alpha value is -1.55. The fourth-order valence-corrected chi connectivity index (χ4v) is 1.57. The number of hydrogen-bond donors (Lipinski definition) is 2. The summed E-state index contributed by atoms with van der Waals surface area (Å²) in [5, 5.41) is 5.83. The number of halogens is 1. The molecule has 0 radical (unpaired) electrons. The van der Waals surface area contributed by atoms with Gasteiger partial charge in [-0.25, -0.2) is 0 Å². The minimum absolute atomic E-state index is 0.188. The summed E-state index contributed by atoms with van der Waals surface area (Å²) in [4.78, 5) is 23.4. The van der Waals surface area contributed by atoms with Gasteiger partial charge >= 0.3 is 0 Å². The summed E-state index contributed by atoms with van der Waals surface area (Å²) < 4.78 is 0. The molecule has 0 spiro atoms. The highest BCUT2D eigenvalue weighted by Crippen LogP contribution is 2.10. The molecule has 98 valence electrons. The van der Waals surface area contributed by atoms with Crippen LogP contribution in [-0.2, 0) is 4.79 Å². The first kappa shape index (κ1) is 14.5. The number of rotatable bonds is 5. The van der Waals surface area contributed by atoms with Crippen LogP contribution in [0.2, 0.25) is 5.02 Å². The summed E-state index contributed by atoms with van der Waals surface area (Å²) in [5.74, 6) is -0.496. The Bertz CT molecular complexity index is 435. The molecule has 0 aliphatic carbocycles. The van der Waals surface area contributed by atoms with Gasteiger partial charge in [-0.1, -0.05) is 24.6 Å². The Balaban J connectivity index is 2.56. The number of hydrogen-bond acceptors (Lipinski definition) is 2. The van der Waals surface area contributed by atoms with Crippen molar-refractivity contribution in [1.29, 1.82) is 0 Å². The molecule has 5 heteroatoms. The van der Waals surface area contributed by atoms with Crippen molar-refractivity contribution in [2.45, 2.75) is 26.3 Å². The van der Waals surface area contributed by atoms with Gasteiger partial charge in [0, 0.05) is 17.1 Å². The van der Waals surface area contributed by atoms with Gasteiger partial charge in [0.15, 0.2) is 0 Å². The number of benzene rings is 1. The summed E-state index contributed by atoms with van der Waals surface area (Å²) in [7, 11) is 0. The number of amides is 2. The van der Waals surface area contributed by atoms with Crippen LogP contribution >= 0.6 is 11.6 Å². The SMILES string of the molecule is CCCNC(=O)C(C)NC(=O)c1cccc(Cl)c1. The van der Waals surface area contributed by atoms with E-state index in [-0.39, 0.29) is 11.8 Å². The average molecular weight is 269 g/mol. The Morgan fingerprint density at radius 2 is 2.11 bits per heavy atom. The zero-order valence-electron chi connectivity index (χ0n) is 10.5. The van der Waals surface area contributed by atoms with Gasteiger partial charge < -0.3 is 10.6 Å². The van der Waals surface area contributed by atoms with Gasteiger partial charge in [-0.15, -0.1) is 0 Å². The number of nitrogens with one attached hydrogen (secondary N) is 2. The minimum Gasteiger partial charge on any atom is -0.354 e. The summed E-state index contributed by atoms with van der Waals surface area (Å²) in [6.07, 6.45) is 0.862. The first-order chi connectivity index (χ1) is 8.54. The standard InChI is InChI=1S/C13H17ClN2O2/c1-3-7-15-12(17)9(2)16-13(18)10-5-4-6-11(14)8-10/h4-6,8-9H,3,7H2,1-2H3,(H,15,17)(H,16,18). The zero-order valence-corrected chi connectivity index (χ0v) is 11.3. The van der Waals surface area contributed by atoms with Crippen molar-refractivity contribution < 1.29 is 9.59 Å². The smallest absolute Gasteiger partial charge is 0.251 e. The van der Waals surface area contributed by atoms with Crippen LogP contribution in [0.3, 0.4) is 0 Å². The van der Waals surface area contributed by atoms with Gasteiger partial charge in [0.2, 0.25) is 5.91 Å². The van der Waals surface area contributed by atoms with Crippen LogP contribution in [0.15, 0.2) is 24.3 Å². The largest absolute Gasteiger partial charge is 0.354 e. The first-order valence-corrected chi connectivity index (χ1v) is 6.26. The van der Waals surface area contributed by atoms with Crippen molar-refractivity contribution in [3.8, 4) is 0 Å². The van der Waals surface area contributed by atoms with Gasteiger partial charge in [-0.05, 0) is 31.5 Å². The van der Waals surface area contributed by atoms with Gasteiger partial charge in [0.05, 0.1) is 0 Å². The monoisotopic (exact) mass is 268 g/mol. The first-order valence-electron chi connectivity index (χ1n) is 5.88. The van der Waals surface area contributed by atoms with Crippen molar-refractivity contribution in [3.05, 3.63) is 34.9 Å². The summed E-state index contributed by atoms with van der Waals surface area (Å²) >= 11 is 5.80. The predicted molar refractivity (Wildman–Crippen MR) is 71.7 cm³/mol. The molecule has 18 heavy (non-hydrogen) atoms. The van der Waals surface area contributed by atoms with Crippen LogP contribution in [0.25, 0.3) is 0 Å². The quantitative estimate of drug-likeness (QED) is 0.858. The van der Waals surface area contributed by atoms with Crippen LogP contribution in [-0.4, -0.2) is 24.4 Å². The van der Waals surface area contributed by atoms with Crippen molar-refractivity contribution >= 4 is 23.4 Å². The van der Waals surface area contributed by atoms with Gasteiger partial charge in [-0.2, -0.15) is 0 Å². The molecule has 0 fully saturated rings. The van der Waals surface area contributed by atoms with E-state index in [1.165, 1.54) is 0 Å². The summed E-state index contributed by atoms with van der Waals surface area (Å²) in [5.41, 5.74) is 0.442. The topological polar surface area (TPSA) is 58.2 Å². The van der Waals surface area contributed by atoms with Crippen LogP contribution in [0.5, 0.6) is 0 Å². The minimum atomic E-state index is -0.567. The van der Waals surface area contributed by atoms with Crippen LogP contribution < -0.4 is 10.6 Å². The third kappa shape index (κ3) is 4.37. The molecule has 4 nitrogen and oxygen atoms in total. The molecule has 1 unspecified atom stereocenters. The van der Waals surface area contributed by atoms with Crippen molar-refractivity contribution in [1.82, 2.24) is 10.6 Å². The lowest BCUT2D eigenvalue weighted by Crippen LogP contribution is -2.44. The van der Waals surface area contributed by atoms with Crippen molar-refractivity contribution in [3.63, 3.8) is 0 Å². The molecule has 0 aliphatic rings. The third-order valence-electron chi connectivity index (χ3n) is 2.38. The molecule has 1 aromatic rings. The van der Waals surface area contributed by atoms with E-state index in [0.717, 1.165) is 6.42 Å². The molecular weight excluding hydrogens is 252 g/mol. The molecule has 1 rings (SSSR count). The lowest BCUT2D eigenvalue weighted by molar-refractivity contribution is -0.122. The molecule has 0 aliphatic heterocycles. The average Bonchev–Trinajstić information content (AvgIpc) is 2.35. The molecular formula is C13H17ClN2O2. The van der Waals surface area contributed by atoms with Crippen molar-refractivity contribution in [2.75, 3.05) is 6.54 Å². The lowest BCUT2D eigenvalue weighted by atomic mass is 10.2. The fraction of sp³-hybridized carbons (Fsp3) is 0.385. The highest BCUT2D eigenvalue weighted by atomic mass is 35.5.